The zero-order valence-corrected chi connectivity index (χ0v) is 21.3. The van der Waals surface area contributed by atoms with Gasteiger partial charge in [0.05, 0.1) is 25.1 Å². The molecule has 204 valence electrons. The van der Waals surface area contributed by atoms with Gasteiger partial charge >= 0.3 is 6.03 Å². The third kappa shape index (κ3) is 6.17. The maximum atomic E-state index is 13.5. The topological polar surface area (TPSA) is 115 Å². The van der Waals surface area contributed by atoms with Crippen LogP contribution in [0.2, 0.25) is 0 Å². The Bertz CT molecular complexity index is 1370. The summed E-state index contributed by atoms with van der Waals surface area (Å²) in [5, 5.41) is 6.74. The molecule has 12 heteroatoms. The molecule has 0 radical (unpaired) electrons. The van der Waals surface area contributed by atoms with Gasteiger partial charge in [0.2, 0.25) is 0 Å². The number of amides is 3. The number of fused-ring (bicyclic) bond motifs is 1. The summed E-state index contributed by atoms with van der Waals surface area (Å²) in [5.74, 6) is -0.0330. The first-order valence-corrected chi connectivity index (χ1v) is 12.5. The lowest BCUT2D eigenvalue weighted by molar-refractivity contribution is -0.137. The van der Waals surface area contributed by atoms with Crippen molar-refractivity contribution in [3.63, 3.8) is 0 Å². The number of carbonyl (C=O) groups is 3. The van der Waals surface area contributed by atoms with Gasteiger partial charge in [-0.3, -0.25) is 9.59 Å². The zero-order valence-electron chi connectivity index (χ0n) is 21.3. The second kappa shape index (κ2) is 11.5. The number of aromatic nitrogens is 2. The fourth-order valence-electron chi connectivity index (χ4n) is 4.38. The number of anilines is 1. The molecule has 3 amide bonds. The fraction of sp³-hybridized carbons (Fsp3) is 0.333. The molecule has 0 aliphatic carbocycles. The van der Waals surface area contributed by atoms with Crippen LogP contribution in [0.5, 0.6) is 11.5 Å². The highest BCUT2D eigenvalue weighted by molar-refractivity contribution is 6.00. The number of ether oxygens (including phenoxy) is 3. The summed E-state index contributed by atoms with van der Waals surface area (Å²) in [7, 11) is 1.57. The highest BCUT2D eigenvalue weighted by atomic mass is 19.1. The van der Waals surface area contributed by atoms with E-state index in [9.17, 15) is 18.8 Å². The highest BCUT2D eigenvalue weighted by Gasteiger charge is 2.31. The average molecular weight is 538 g/mol. The van der Waals surface area contributed by atoms with Crippen LogP contribution in [0.1, 0.15) is 11.1 Å². The second-order valence-electron chi connectivity index (χ2n) is 9.22. The number of hydrogen-bond acceptors (Lipinski definition) is 7. The lowest BCUT2D eigenvalue weighted by Crippen LogP contribution is -2.50. The number of halogens is 1. The van der Waals surface area contributed by atoms with Crippen LogP contribution in [0.4, 0.5) is 14.9 Å². The largest absolute Gasteiger partial charge is 0.489 e. The van der Waals surface area contributed by atoms with Crippen molar-refractivity contribution in [2.24, 2.45) is 0 Å². The first-order valence-electron chi connectivity index (χ1n) is 12.5. The van der Waals surface area contributed by atoms with Gasteiger partial charge in [-0.1, -0.05) is 12.1 Å². The Morgan fingerprint density at radius 1 is 1.15 bits per heavy atom. The van der Waals surface area contributed by atoms with Crippen molar-refractivity contribution in [2.45, 2.75) is 12.5 Å². The summed E-state index contributed by atoms with van der Waals surface area (Å²) in [6.45, 7) is 1.83. The molecule has 5 rings (SSSR count). The van der Waals surface area contributed by atoms with Gasteiger partial charge in [0.25, 0.3) is 11.8 Å². The molecule has 2 aliphatic rings. The van der Waals surface area contributed by atoms with Crippen molar-refractivity contribution in [3.8, 4) is 11.5 Å². The molecule has 0 bridgehead atoms. The van der Waals surface area contributed by atoms with Gasteiger partial charge in [0.1, 0.15) is 30.0 Å². The molecule has 11 nitrogen and oxygen atoms in total. The van der Waals surface area contributed by atoms with Gasteiger partial charge in [-0.05, 0) is 35.4 Å². The van der Waals surface area contributed by atoms with Gasteiger partial charge in [0, 0.05) is 38.8 Å². The van der Waals surface area contributed by atoms with E-state index in [2.05, 4.69) is 10.4 Å². The summed E-state index contributed by atoms with van der Waals surface area (Å²) < 4.78 is 31.3. The van der Waals surface area contributed by atoms with Gasteiger partial charge in [-0.15, -0.1) is 0 Å². The van der Waals surface area contributed by atoms with E-state index < -0.39 is 18.0 Å². The number of likely N-dealkylation sites (N-methyl/N-ethyl adjacent to an activating group) is 1. The Kier molecular flexibility index (Phi) is 7.73. The molecular weight excluding hydrogens is 509 g/mol. The molecule has 1 atom stereocenters. The lowest BCUT2D eigenvalue weighted by atomic mass is 10.1. The van der Waals surface area contributed by atoms with Crippen molar-refractivity contribution in [1.82, 2.24) is 20.0 Å². The number of benzene rings is 2. The third-order valence-corrected chi connectivity index (χ3v) is 6.49. The van der Waals surface area contributed by atoms with E-state index in [4.69, 9.17) is 14.2 Å². The highest BCUT2D eigenvalue weighted by Crippen LogP contribution is 2.34. The number of nitrogens with zero attached hydrogens (tertiary/aromatic N) is 4. The van der Waals surface area contributed by atoms with E-state index in [0.717, 1.165) is 10.2 Å². The number of morpholine rings is 1. The van der Waals surface area contributed by atoms with Gasteiger partial charge in [-0.2, -0.15) is 9.78 Å². The van der Waals surface area contributed by atoms with E-state index in [1.807, 2.05) is 0 Å². The normalized spacial score (nSPS) is 17.2. The monoisotopic (exact) mass is 537 g/mol. The molecule has 1 aromatic heterocycles. The van der Waals surface area contributed by atoms with Crippen molar-refractivity contribution in [1.29, 1.82) is 0 Å². The number of carbonyl (C=O) groups excluding carboxylic acids is 3. The van der Waals surface area contributed by atoms with Crippen LogP contribution in [0, 0.1) is 5.82 Å². The van der Waals surface area contributed by atoms with Crippen molar-refractivity contribution >= 4 is 23.5 Å². The number of nitrogens with one attached hydrogen (secondary N) is 1. The van der Waals surface area contributed by atoms with Crippen LogP contribution in [-0.4, -0.2) is 85.1 Å². The predicted octanol–water partition coefficient (Wildman–Crippen LogP) is 1.83. The minimum atomic E-state index is -0.974. The second-order valence-corrected chi connectivity index (χ2v) is 9.22. The Labute approximate surface area is 224 Å². The van der Waals surface area contributed by atoms with Gasteiger partial charge in [0.15, 0.2) is 6.61 Å². The Balaban J connectivity index is 1.20. The molecule has 3 heterocycles. The minimum absolute atomic E-state index is 0.0882. The third-order valence-electron chi connectivity index (χ3n) is 6.49. The molecule has 1 saturated heterocycles. The Hall–Kier alpha value is -4.45. The quantitative estimate of drug-likeness (QED) is 0.510. The molecule has 2 aliphatic heterocycles. The van der Waals surface area contributed by atoms with Crippen LogP contribution in [0.15, 0.2) is 54.9 Å². The van der Waals surface area contributed by atoms with E-state index in [1.165, 1.54) is 29.4 Å². The fourth-order valence-corrected chi connectivity index (χ4v) is 4.38. The van der Waals surface area contributed by atoms with Gasteiger partial charge in [-0.25, -0.2) is 9.18 Å². The summed E-state index contributed by atoms with van der Waals surface area (Å²) >= 11 is 0. The van der Waals surface area contributed by atoms with Crippen molar-refractivity contribution in [2.75, 3.05) is 51.5 Å². The van der Waals surface area contributed by atoms with Crippen LogP contribution in [-0.2, 0) is 20.7 Å². The van der Waals surface area contributed by atoms with Gasteiger partial charge < -0.3 is 29.3 Å². The summed E-state index contributed by atoms with van der Waals surface area (Å²) in [5.41, 5.74) is 1.91. The maximum Gasteiger partial charge on any atom is 0.342 e. The molecule has 0 unspecified atom stereocenters. The Morgan fingerprint density at radius 2 is 1.97 bits per heavy atom. The number of rotatable bonds is 6. The maximum absolute atomic E-state index is 13.5. The van der Waals surface area contributed by atoms with E-state index >= 15 is 0 Å². The molecule has 39 heavy (non-hydrogen) atoms. The summed E-state index contributed by atoms with van der Waals surface area (Å²) in [4.78, 5) is 41.5. The Morgan fingerprint density at radius 3 is 2.77 bits per heavy atom. The smallest absolute Gasteiger partial charge is 0.342 e. The minimum Gasteiger partial charge on any atom is -0.489 e. The molecule has 0 spiro atoms. The van der Waals surface area contributed by atoms with Crippen molar-refractivity contribution in [3.05, 3.63) is 71.8 Å². The van der Waals surface area contributed by atoms with E-state index in [0.29, 0.717) is 55.5 Å². The first kappa shape index (κ1) is 26.2. The predicted molar refractivity (Wildman–Crippen MR) is 137 cm³/mol. The molecule has 2 aromatic carbocycles. The van der Waals surface area contributed by atoms with Crippen LogP contribution >= 0.6 is 0 Å². The molecular formula is C27H28FN5O6. The molecule has 1 N–H and O–H groups in total. The van der Waals surface area contributed by atoms with Crippen LogP contribution in [0.3, 0.4) is 0 Å². The molecule has 3 aromatic rings. The summed E-state index contributed by atoms with van der Waals surface area (Å²) in [6.07, 6.45) is 3.45. The standard InChI is InChI=1S/C27H28FN5O6/c1-31-23-13-21(38-17-25(34)32-7-9-37-10-8-32)5-6-24(23)39-16-22(26(31)35)30-27(36)33-15-19(14-29-33)11-18-3-2-4-20(28)12-18/h2-6,12-15,22H,7-11,16-17H2,1H3,(H,30,36)/t22-/m0/s1. The first-order chi connectivity index (χ1) is 18.9. The van der Waals surface area contributed by atoms with Crippen LogP contribution in [0.25, 0.3) is 0 Å². The van der Waals surface area contributed by atoms with Crippen molar-refractivity contribution < 1.29 is 33.0 Å². The number of hydrogen-bond donors (Lipinski definition) is 1. The zero-order chi connectivity index (χ0) is 27.4. The summed E-state index contributed by atoms with van der Waals surface area (Å²) in [6, 6.07) is 9.55. The van der Waals surface area contributed by atoms with Crippen LogP contribution < -0.4 is 19.7 Å². The lowest BCUT2D eigenvalue weighted by Gasteiger charge is -2.26. The van der Waals surface area contributed by atoms with E-state index in [-0.39, 0.29) is 24.9 Å². The SMILES string of the molecule is CN1C(=O)[C@@H](NC(=O)n2cc(Cc3cccc(F)c3)cn2)COc2ccc(OCC(=O)N3CCOCC3)cc21. The van der Waals surface area contributed by atoms with E-state index in [1.54, 1.807) is 42.3 Å². The molecule has 0 saturated carbocycles. The average Bonchev–Trinajstić information content (AvgIpc) is 3.38. The molecule has 1 fully saturated rings.